The molecule has 57 heavy (non-hydrogen) atoms. The number of aliphatic hydroxyl groups excluding tert-OH is 1. The molecule has 0 heterocycles. The number of carbonyl (C=O) groups is 1. The quantitative estimate of drug-likeness (QED) is 0.0274. The van der Waals surface area contributed by atoms with Crippen LogP contribution in [0.15, 0.2) is 24.3 Å². The number of quaternary nitrogens is 1. The molecular formula is C48H95N2O6P. The van der Waals surface area contributed by atoms with Gasteiger partial charge in [0.15, 0.2) is 0 Å². The number of amides is 1. The Morgan fingerprint density at radius 3 is 1.37 bits per heavy atom. The van der Waals surface area contributed by atoms with Crippen LogP contribution in [-0.4, -0.2) is 68.5 Å². The van der Waals surface area contributed by atoms with Crippen molar-refractivity contribution in [3.8, 4) is 0 Å². The molecule has 1 amide bonds. The summed E-state index contributed by atoms with van der Waals surface area (Å²) >= 11 is 0. The highest BCUT2D eigenvalue weighted by Crippen LogP contribution is 2.38. The highest BCUT2D eigenvalue weighted by molar-refractivity contribution is 7.45. The number of phosphoric ester groups is 1. The molecule has 0 saturated heterocycles. The van der Waals surface area contributed by atoms with Gasteiger partial charge in [-0.15, -0.1) is 0 Å². The summed E-state index contributed by atoms with van der Waals surface area (Å²) in [5, 5.41) is 13.8. The van der Waals surface area contributed by atoms with Crippen molar-refractivity contribution in [2.75, 3.05) is 40.9 Å². The lowest BCUT2D eigenvalue weighted by molar-refractivity contribution is -0.870. The molecule has 0 aromatic carbocycles. The van der Waals surface area contributed by atoms with Gasteiger partial charge in [-0.05, 0) is 44.9 Å². The van der Waals surface area contributed by atoms with Crippen molar-refractivity contribution in [1.82, 2.24) is 5.32 Å². The average Bonchev–Trinajstić information content (AvgIpc) is 3.16. The zero-order valence-corrected chi connectivity index (χ0v) is 39.2. The Morgan fingerprint density at radius 1 is 0.596 bits per heavy atom. The first-order chi connectivity index (χ1) is 27.5. The molecule has 9 heteroatoms. The van der Waals surface area contributed by atoms with Gasteiger partial charge in [-0.2, -0.15) is 0 Å². The largest absolute Gasteiger partial charge is 0.756 e. The molecular weight excluding hydrogens is 732 g/mol. The van der Waals surface area contributed by atoms with E-state index >= 15 is 0 Å². The van der Waals surface area contributed by atoms with E-state index in [1.165, 1.54) is 154 Å². The van der Waals surface area contributed by atoms with E-state index in [1.54, 1.807) is 6.08 Å². The summed E-state index contributed by atoms with van der Waals surface area (Å²) in [4.78, 5) is 25.3. The van der Waals surface area contributed by atoms with Gasteiger partial charge in [0.1, 0.15) is 13.2 Å². The Labute approximate surface area is 354 Å². The van der Waals surface area contributed by atoms with Crippen LogP contribution in [0.2, 0.25) is 0 Å². The fraction of sp³-hybridized carbons (Fsp3) is 0.896. The number of rotatable bonds is 44. The topological polar surface area (TPSA) is 108 Å². The summed E-state index contributed by atoms with van der Waals surface area (Å²) < 4.78 is 23.2. The van der Waals surface area contributed by atoms with Crippen LogP contribution in [0.3, 0.4) is 0 Å². The lowest BCUT2D eigenvalue weighted by Crippen LogP contribution is -2.45. The molecule has 8 nitrogen and oxygen atoms in total. The zero-order chi connectivity index (χ0) is 42.1. The second-order valence-corrected chi connectivity index (χ2v) is 19.2. The maximum atomic E-state index is 12.9. The number of allylic oxidation sites excluding steroid dienone is 3. The minimum absolute atomic E-state index is 0.00138. The zero-order valence-electron chi connectivity index (χ0n) is 38.3. The Balaban J connectivity index is 4.34. The SMILES string of the molecule is CCCCCCC/C=C\CCCCCCCC(=O)NC(COP(=O)([O-])OCC[N+](C)(C)C)C(O)/C=C/CCCCCCCCCCCCCCCCCCCCC. The molecule has 2 N–H and O–H groups in total. The summed E-state index contributed by atoms with van der Waals surface area (Å²) in [6.07, 6.45) is 48.0. The molecule has 0 radical (unpaired) electrons. The smallest absolute Gasteiger partial charge is 0.268 e. The molecule has 338 valence electrons. The summed E-state index contributed by atoms with van der Waals surface area (Å²) in [5.74, 6) is -0.205. The van der Waals surface area contributed by atoms with Gasteiger partial charge >= 0.3 is 0 Å². The van der Waals surface area contributed by atoms with Crippen LogP contribution in [0.25, 0.3) is 0 Å². The lowest BCUT2D eigenvalue weighted by Gasteiger charge is -2.29. The van der Waals surface area contributed by atoms with Gasteiger partial charge in [0.05, 0.1) is 39.9 Å². The van der Waals surface area contributed by atoms with Crippen LogP contribution < -0.4 is 10.2 Å². The van der Waals surface area contributed by atoms with Crippen LogP contribution >= 0.6 is 7.82 Å². The number of aliphatic hydroxyl groups is 1. The maximum Gasteiger partial charge on any atom is 0.268 e. The molecule has 0 spiro atoms. The third kappa shape index (κ3) is 42.9. The molecule has 0 aliphatic rings. The van der Waals surface area contributed by atoms with Crippen molar-refractivity contribution >= 4 is 13.7 Å². The molecule has 0 aromatic rings. The normalized spacial score (nSPS) is 14.4. The maximum absolute atomic E-state index is 12.9. The van der Waals surface area contributed by atoms with E-state index in [0.29, 0.717) is 17.4 Å². The number of nitrogens with one attached hydrogen (secondary N) is 1. The van der Waals surface area contributed by atoms with Gasteiger partial charge in [-0.25, -0.2) is 0 Å². The fourth-order valence-corrected chi connectivity index (χ4v) is 7.75. The van der Waals surface area contributed by atoms with Gasteiger partial charge in [-0.1, -0.05) is 199 Å². The van der Waals surface area contributed by atoms with Crippen LogP contribution in [0.5, 0.6) is 0 Å². The molecule has 0 fully saturated rings. The second kappa shape index (κ2) is 40.4. The van der Waals surface area contributed by atoms with E-state index in [-0.39, 0.29) is 19.1 Å². The molecule has 0 bridgehead atoms. The highest BCUT2D eigenvalue weighted by atomic mass is 31.2. The van der Waals surface area contributed by atoms with Crippen molar-refractivity contribution in [3.05, 3.63) is 24.3 Å². The predicted octanol–water partition coefficient (Wildman–Crippen LogP) is 13.1. The van der Waals surface area contributed by atoms with Crippen LogP contribution in [0.4, 0.5) is 0 Å². The summed E-state index contributed by atoms with van der Waals surface area (Å²) in [6.45, 7) is 4.64. The van der Waals surface area contributed by atoms with E-state index in [1.807, 2.05) is 27.2 Å². The Hall–Kier alpha value is -1.02. The molecule has 3 unspecified atom stereocenters. The molecule has 3 atom stereocenters. The first kappa shape index (κ1) is 56.0. The number of phosphoric acid groups is 1. The van der Waals surface area contributed by atoms with Crippen molar-refractivity contribution < 1.29 is 32.9 Å². The third-order valence-electron chi connectivity index (χ3n) is 10.9. The minimum Gasteiger partial charge on any atom is -0.756 e. The van der Waals surface area contributed by atoms with E-state index in [4.69, 9.17) is 9.05 Å². The van der Waals surface area contributed by atoms with Gasteiger partial charge < -0.3 is 28.8 Å². The minimum atomic E-state index is -4.59. The van der Waals surface area contributed by atoms with E-state index in [0.717, 1.165) is 51.4 Å². The van der Waals surface area contributed by atoms with Crippen molar-refractivity contribution in [2.45, 2.75) is 238 Å². The predicted molar refractivity (Wildman–Crippen MR) is 242 cm³/mol. The molecule has 0 saturated carbocycles. The molecule has 0 aliphatic heterocycles. The molecule has 0 aliphatic carbocycles. The standard InChI is InChI=1S/C48H95N2O6P/c1-6-8-10-12-14-16-18-20-22-23-24-25-26-27-28-29-31-33-35-37-39-41-47(51)46(45-56-57(53,54)55-44-43-50(3,4)5)49-48(52)42-40-38-36-34-32-30-21-19-17-15-13-11-9-7-2/h19,21,39,41,46-47,51H,6-18,20,22-38,40,42-45H2,1-5H3,(H-,49,52,53,54)/b21-19-,41-39+. The Kier molecular flexibility index (Phi) is 39.7. The molecule has 0 rings (SSSR count). The lowest BCUT2D eigenvalue weighted by atomic mass is 10.0. The number of hydrogen-bond donors (Lipinski definition) is 2. The van der Waals surface area contributed by atoms with E-state index in [9.17, 15) is 19.4 Å². The summed E-state index contributed by atoms with van der Waals surface area (Å²) in [5.41, 5.74) is 0. The van der Waals surface area contributed by atoms with Crippen molar-refractivity contribution in [1.29, 1.82) is 0 Å². The van der Waals surface area contributed by atoms with Crippen LogP contribution in [0.1, 0.15) is 226 Å². The number of carbonyl (C=O) groups excluding carboxylic acids is 1. The van der Waals surface area contributed by atoms with Crippen LogP contribution in [-0.2, 0) is 18.4 Å². The highest BCUT2D eigenvalue weighted by Gasteiger charge is 2.23. The summed E-state index contributed by atoms with van der Waals surface area (Å²) in [7, 11) is 1.26. The van der Waals surface area contributed by atoms with Gasteiger partial charge in [0, 0.05) is 6.42 Å². The average molecular weight is 827 g/mol. The summed E-state index contributed by atoms with van der Waals surface area (Å²) in [6, 6.07) is -0.887. The van der Waals surface area contributed by atoms with Crippen LogP contribution in [0, 0.1) is 0 Å². The fourth-order valence-electron chi connectivity index (χ4n) is 7.03. The van der Waals surface area contributed by atoms with Gasteiger partial charge in [0.2, 0.25) is 5.91 Å². The molecule has 0 aromatic heterocycles. The monoisotopic (exact) mass is 827 g/mol. The van der Waals surface area contributed by atoms with Crippen molar-refractivity contribution in [2.24, 2.45) is 0 Å². The van der Waals surface area contributed by atoms with Gasteiger partial charge in [-0.3, -0.25) is 9.36 Å². The van der Waals surface area contributed by atoms with E-state index in [2.05, 4.69) is 31.3 Å². The first-order valence-corrected chi connectivity index (χ1v) is 25.7. The van der Waals surface area contributed by atoms with Gasteiger partial charge in [0.25, 0.3) is 7.82 Å². The van der Waals surface area contributed by atoms with E-state index < -0.39 is 20.0 Å². The number of unbranched alkanes of at least 4 members (excludes halogenated alkanes) is 29. The first-order valence-electron chi connectivity index (χ1n) is 24.2. The van der Waals surface area contributed by atoms with Crippen molar-refractivity contribution in [3.63, 3.8) is 0 Å². The number of likely N-dealkylation sites (N-methyl/N-ethyl adjacent to an activating group) is 1. The number of nitrogens with zero attached hydrogens (tertiary/aromatic N) is 1. The Morgan fingerprint density at radius 2 is 0.965 bits per heavy atom. The Bertz CT molecular complexity index is 984. The number of hydrogen-bond acceptors (Lipinski definition) is 6. The third-order valence-corrected chi connectivity index (χ3v) is 11.9. The second-order valence-electron chi connectivity index (χ2n) is 17.8.